The number of amides is 1. The summed E-state index contributed by atoms with van der Waals surface area (Å²) in [6.45, 7) is 2.06. The predicted molar refractivity (Wildman–Crippen MR) is 104 cm³/mol. The standard InChI is InChI=1S/C17H15N3O3S3/c1-2-3-11-4-6-12(7-5-11)26(22,23)19-15(21)14-10-13-16(25-14)18-17-20(13)8-9-24-17/h4-10H,2-3H2,1H3,(H,19,21). The molecule has 1 amide bonds. The lowest BCUT2D eigenvalue weighted by atomic mass is 10.1. The number of aryl methyl sites for hydroxylation is 1. The first-order valence-electron chi connectivity index (χ1n) is 7.99. The lowest BCUT2D eigenvalue weighted by Gasteiger charge is -2.06. The largest absolute Gasteiger partial charge is 0.289 e. The number of carbonyl (C=O) groups excluding carboxylic acids is 1. The monoisotopic (exact) mass is 405 g/mol. The van der Waals surface area contributed by atoms with E-state index in [1.54, 1.807) is 18.2 Å². The second-order valence-electron chi connectivity index (χ2n) is 5.80. The number of fused-ring (bicyclic) bond motifs is 3. The van der Waals surface area contributed by atoms with E-state index < -0.39 is 15.9 Å². The zero-order valence-electron chi connectivity index (χ0n) is 13.8. The molecule has 0 fully saturated rings. The normalized spacial score (nSPS) is 12.0. The molecule has 4 rings (SSSR count). The third kappa shape index (κ3) is 3.02. The van der Waals surface area contributed by atoms with Crippen molar-refractivity contribution in [2.45, 2.75) is 24.7 Å². The highest BCUT2D eigenvalue weighted by atomic mass is 32.2. The zero-order chi connectivity index (χ0) is 18.3. The quantitative estimate of drug-likeness (QED) is 0.549. The average Bonchev–Trinajstić information content (AvgIpc) is 3.27. The Kier molecular flexibility index (Phi) is 4.29. The fraction of sp³-hybridized carbons (Fsp3) is 0.176. The van der Waals surface area contributed by atoms with Gasteiger partial charge in [0.05, 0.1) is 15.3 Å². The van der Waals surface area contributed by atoms with Crippen LogP contribution in [0.1, 0.15) is 28.6 Å². The Bertz CT molecular complexity index is 1200. The van der Waals surface area contributed by atoms with Crippen LogP contribution < -0.4 is 4.72 Å². The van der Waals surface area contributed by atoms with Gasteiger partial charge in [0, 0.05) is 11.6 Å². The van der Waals surface area contributed by atoms with Crippen molar-refractivity contribution in [3.05, 3.63) is 52.3 Å². The van der Waals surface area contributed by atoms with E-state index in [9.17, 15) is 13.2 Å². The molecule has 3 heterocycles. The lowest BCUT2D eigenvalue weighted by molar-refractivity contribution is 0.0985. The molecule has 0 bridgehead atoms. The summed E-state index contributed by atoms with van der Waals surface area (Å²) >= 11 is 2.68. The molecule has 0 atom stereocenters. The molecule has 0 spiro atoms. The molecule has 0 aliphatic heterocycles. The topological polar surface area (TPSA) is 80.5 Å². The van der Waals surface area contributed by atoms with E-state index in [0.717, 1.165) is 28.9 Å². The summed E-state index contributed by atoms with van der Waals surface area (Å²) in [4.78, 5) is 18.8. The highest BCUT2D eigenvalue weighted by molar-refractivity contribution is 7.90. The highest BCUT2D eigenvalue weighted by Gasteiger charge is 2.21. The Morgan fingerprint density at radius 3 is 2.77 bits per heavy atom. The van der Waals surface area contributed by atoms with Crippen LogP contribution in [0.3, 0.4) is 0 Å². The van der Waals surface area contributed by atoms with E-state index in [0.29, 0.717) is 9.71 Å². The van der Waals surface area contributed by atoms with Gasteiger partial charge in [-0.1, -0.05) is 25.5 Å². The number of thiophene rings is 1. The van der Waals surface area contributed by atoms with E-state index in [-0.39, 0.29) is 4.90 Å². The molecule has 0 aliphatic carbocycles. The van der Waals surface area contributed by atoms with E-state index in [1.165, 1.54) is 34.8 Å². The Morgan fingerprint density at radius 2 is 2.04 bits per heavy atom. The first-order valence-corrected chi connectivity index (χ1v) is 11.2. The summed E-state index contributed by atoms with van der Waals surface area (Å²) in [5.41, 5.74) is 1.87. The Hall–Kier alpha value is -2.23. The van der Waals surface area contributed by atoms with E-state index >= 15 is 0 Å². The van der Waals surface area contributed by atoms with Crippen LogP contribution in [0.15, 0.2) is 46.8 Å². The van der Waals surface area contributed by atoms with E-state index in [2.05, 4.69) is 16.6 Å². The number of imidazole rings is 1. The summed E-state index contributed by atoms with van der Waals surface area (Å²) in [7, 11) is -3.91. The van der Waals surface area contributed by atoms with Gasteiger partial charge in [0.2, 0.25) is 0 Å². The van der Waals surface area contributed by atoms with Gasteiger partial charge in [0.1, 0.15) is 4.83 Å². The second kappa shape index (κ2) is 6.49. The minimum Gasteiger partial charge on any atom is -0.289 e. The zero-order valence-corrected chi connectivity index (χ0v) is 16.2. The molecular weight excluding hydrogens is 390 g/mol. The summed E-state index contributed by atoms with van der Waals surface area (Å²) in [6.07, 6.45) is 3.75. The van der Waals surface area contributed by atoms with Crippen LogP contribution in [0.5, 0.6) is 0 Å². The predicted octanol–water partition coefficient (Wildman–Crippen LogP) is 3.68. The van der Waals surface area contributed by atoms with Gasteiger partial charge in [-0.2, -0.15) is 0 Å². The number of nitrogens with one attached hydrogen (secondary N) is 1. The van der Waals surface area contributed by atoms with Gasteiger partial charge >= 0.3 is 0 Å². The van der Waals surface area contributed by atoms with Gasteiger partial charge < -0.3 is 0 Å². The SMILES string of the molecule is CCCc1ccc(S(=O)(=O)NC(=O)c2cc3c(nc4sccn43)s2)cc1. The summed E-state index contributed by atoms with van der Waals surface area (Å²) in [5, 5.41) is 1.91. The molecule has 3 aromatic heterocycles. The number of sulfonamides is 1. The highest BCUT2D eigenvalue weighted by Crippen LogP contribution is 2.28. The lowest BCUT2D eigenvalue weighted by Crippen LogP contribution is -2.30. The maximum atomic E-state index is 12.5. The van der Waals surface area contributed by atoms with Crippen molar-refractivity contribution >= 4 is 53.9 Å². The summed E-state index contributed by atoms with van der Waals surface area (Å²) in [5.74, 6) is -0.644. The third-order valence-electron chi connectivity index (χ3n) is 3.96. The number of carbonyl (C=O) groups is 1. The molecule has 26 heavy (non-hydrogen) atoms. The van der Waals surface area contributed by atoms with Crippen molar-refractivity contribution in [2.75, 3.05) is 0 Å². The van der Waals surface area contributed by atoms with E-state index in [4.69, 9.17) is 0 Å². The number of benzene rings is 1. The molecule has 9 heteroatoms. The first kappa shape index (κ1) is 17.2. The number of hydrogen-bond acceptors (Lipinski definition) is 6. The third-order valence-corrected chi connectivity index (χ3v) is 7.08. The van der Waals surface area contributed by atoms with Crippen molar-refractivity contribution in [2.24, 2.45) is 0 Å². The van der Waals surface area contributed by atoms with Crippen molar-refractivity contribution in [1.82, 2.24) is 14.1 Å². The molecule has 0 radical (unpaired) electrons. The Morgan fingerprint density at radius 1 is 1.27 bits per heavy atom. The Balaban J connectivity index is 1.58. The van der Waals surface area contributed by atoms with Crippen LogP contribution in [0.25, 0.3) is 15.3 Å². The smallest absolute Gasteiger partial charge is 0.275 e. The van der Waals surface area contributed by atoms with Crippen LogP contribution >= 0.6 is 22.7 Å². The van der Waals surface area contributed by atoms with Gasteiger partial charge in [-0.25, -0.2) is 18.1 Å². The van der Waals surface area contributed by atoms with Crippen LogP contribution in [0, 0.1) is 0 Å². The first-order chi connectivity index (χ1) is 12.5. The van der Waals surface area contributed by atoms with Crippen LogP contribution in [-0.4, -0.2) is 23.7 Å². The van der Waals surface area contributed by atoms with Gasteiger partial charge in [0.15, 0.2) is 4.96 Å². The minimum atomic E-state index is -3.91. The van der Waals surface area contributed by atoms with Gasteiger partial charge in [-0.05, 0) is 30.2 Å². The van der Waals surface area contributed by atoms with Gasteiger partial charge in [-0.15, -0.1) is 22.7 Å². The van der Waals surface area contributed by atoms with Crippen molar-refractivity contribution in [1.29, 1.82) is 0 Å². The number of rotatable bonds is 5. The van der Waals surface area contributed by atoms with Gasteiger partial charge in [0.25, 0.3) is 15.9 Å². The summed E-state index contributed by atoms with van der Waals surface area (Å²) < 4.78 is 29.0. The van der Waals surface area contributed by atoms with Crippen molar-refractivity contribution < 1.29 is 13.2 Å². The van der Waals surface area contributed by atoms with Crippen LogP contribution in [0.4, 0.5) is 0 Å². The van der Waals surface area contributed by atoms with Crippen molar-refractivity contribution in [3.8, 4) is 0 Å². The second-order valence-corrected chi connectivity index (χ2v) is 9.38. The maximum absolute atomic E-state index is 12.5. The molecule has 1 N–H and O–H groups in total. The molecule has 0 saturated heterocycles. The number of aromatic nitrogens is 2. The molecule has 1 aromatic carbocycles. The number of nitrogens with zero attached hydrogens (tertiary/aromatic N) is 2. The molecule has 134 valence electrons. The van der Waals surface area contributed by atoms with Gasteiger partial charge in [-0.3, -0.25) is 9.20 Å². The van der Waals surface area contributed by atoms with Crippen LogP contribution in [-0.2, 0) is 16.4 Å². The maximum Gasteiger partial charge on any atom is 0.275 e. The fourth-order valence-electron chi connectivity index (χ4n) is 2.71. The average molecular weight is 406 g/mol. The molecular formula is C17H15N3O3S3. The minimum absolute atomic E-state index is 0.0778. The fourth-order valence-corrected chi connectivity index (χ4v) is 5.44. The molecule has 0 aliphatic rings. The number of thiazole rings is 1. The summed E-state index contributed by atoms with van der Waals surface area (Å²) in [6, 6.07) is 8.27. The Labute approximate surface area is 158 Å². The van der Waals surface area contributed by atoms with Crippen molar-refractivity contribution in [3.63, 3.8) is 0 Å². The molecule has 4 aromatic rings. The number of hydrogen-bond donors (Lipinski definition) is 1. The molecule has 6 nitrogen and oxygen atoms in total. The van der Waals surface area contributed by atoms with Crippen LogP contribution in [0.2, 0.25) is 0 Å². The van der Waals surface area contributed by atoms with E-state index in [1.807, 2.05) is 16.0 Å². The molecule has 0 unspecified atom stereocenters. The molecule has 0 saturated carbocycles.